The largest absolute Gasteiger partial charge is 0.472 e. The number of nitrogen functional groups attached to an aromatic ring is 1. The molecule has 1 aliphatic heterocycles. The van der Waals surface area contributed by atoms with Crippen molar-refractivity contribution in [1.82, 2.24) is 0 Å². The second kappa shape index (κ2) is 4.58. The van der Waals surface area contributed by atoms with Crippen molar-refractivity contribution in [1.29, 1.82) is 5.41 Å². The van der Waals surface area contributed by atoms with Crippen LogP contribution < -0.4 is 10.5 Å². The third kappa shape index (κ3) is 1.93. The van der Waals surface area contributed by atoms with Crippen LogP contribution in [0, 0.1) is 5.41 Å². The van der Waals surface area contributed by atoms with E-state index in [0.717, 1.165) is 0 Å². The number of ether oxygens (including phenoxy) is 1. The van der Waals surface area contributed by atoms with Gasteiger partial charge in [0.05, 0.1) is 24.4 Å². The molecule has 1 aromatic heterocycles. The minimum atomic E-state index is -0.647. The van der Waals surface area contributed by atoms with Crippen molar-refractivity contribution >= 4 is 11.8 Å². The third-order valence-electron chi connectivity index (χ3n) is 2.82. The van der Waals surface area contributed by atoms with Crippen molar-refractivity contribution < 1.29 is 18.4 Å². The summed E-state index contributed by atoms with van der Waals surface area (Å²) >= 11 is 0. The predicted molar refractivity (Wildman–Crippen MR) is 70.0 cm³/mol. The zero-order valence-electron chi connectivity index (χ0n) is 10.3. The highest BCUT2D eigenvalue weighted by Gasteiger charge is 2.23. The first kappa shape index (κ1) is 12.0. The summed E-state index contributed by atoms with van der Waals surface area (Å²) in [5.41, 5.74) is 7.18. The molecule has 0 unspecified atom stereocenters. The summed E-state index contributed by atoms with van der Waals surface area (Å²) in [5, 5.41) is 7.56. The van der Waals surface area contributed by atoms with Crippen molar-refractivity contribution in [3.63, 3.8) is 0 Å². The van der Waals surface area contributed by atoms with Gasteiger partial charge < -0.3 is 19.3 Å². The molecule has 0 atom stereocenters. The minimum absolute atomic E-state index is 0.0782. The van der Waals surface area contributed by atoms with E-state index >= 15 is 0 Å². The number of hydrogen-bond donors (Lipinski definition) is 2. The van der Waals surface area contributed by atoms with Gasteiger partial charge in [0.2, 0.25) is 5.76 Å². The Labute approximate surface area is 113 Å². The summed E-state index contributed by atoms with van der Waals surface area (Å²) in [5.74, 6) is -0.534. The molecule has 0 saturated carbocycles. The van der Waals surface area contributed by atoms with Crippen molar-refractivity contribution in [2.75, 3.05) is 0 Å². The van der Waals surface area contributed by atoms with Crippen molar-refractivity contribution in [3.05, 3.63) is 54.4 Å². The highest BCUT2D eigenvalue weighted by Crippen LogP contribution is 2.38. The number of nitrogens with two attached hydrogens (primary N) is 1. The SMILES string of the molecule is N=C(N)c1cc2coccc-2c1OC(=O)c1ccco1. The lowest BCUT2D eigenvalue weighted by Crippen LogP contribution is -2.14. The van der Waals surface area contributed by atoms with Gasteiger partial charge in [-0.25, -0.2) is 4.79 Å². The van der Waals surface area contributed by atoms with Crippen LogP contribution in [0.15, 0.2) is 51.9 Å². The first-order valence-electron chi connectivity index (χ1n) is 5.76. The quantitative estimate of drug-likeness (QED) is 0.432. The molecule has 0 spiro atoms. The van der Waals surface area contributed by atoms with E-state index in [0.29, 0.717) is 16.7 Å². The van der Waals surface area contributed by atoms with Crippen LogP contribution >= 0.6 is 0 Å². The number of carbonyl (C=O) groups is 1. The maximum atomic E-state index is 11.9. The topological polar surface area (TPSA) is 102 Å². The van der Waals surface area contributed by atoms with Gasteiger partial charge in [-0.15, -0.1) is 0 Å². The number of rotatable bonds is 3. The Kier molecular flexibility index (Phi) is 2.76. The van der Waals surface area contributed by atoms with Crippen LogP contribution in [0.4, 0.5) is 0 Å². The molecule has 100 valence electrons. The van der Waals surface area contributed by atoms with Crippen molar-refractivity contribution in [3.8, 4) is 16.9 Å². The van der Waals surface area contributed by atoms with E-state index in [1.54, 1.807) is 18.2 Å². The normalized spacial score (nSPS) is 10.6. The molecule has 0 saturated heterocycles. The van der Waals surface area contributed by atoms with Gasteiger partial charge in [-0.05, 0) is 24.3 Å². The summed E-state index contributed by atoms with van der Waals surface area (Å²) in [4.78, 5) is 11.9. The Balaban J connectivity index is 2.04. The van der Waals surface area contributed by atoms with E-state index < -0.39 is 5.97 Å². The summed E-state index contributed by atoms with van der Waals surface area (Å²) in [6, 6.07) is 6.36. The number of hydrogen-bond acceptors (Lipinski definition) is 5. The van der Waals surface area contributed by atoms with Crippen LogP contribution in [0.3, 0.4) is 0 Å². The molecular formula is C14H10N2O4. The Morgan fingerprint density at radius 3 is 2.85 bits per heavy atom. The van der Waals surface area contributed by atoms with Crippen molar-refractivity contribution in [2.24, 2.45) is 5.73 Å². The molecule has 0 radical (unpaired) electrons. The lowest BCUT2D eigenvalue weighted by atomic mass is 10.2. The molecule has 3 rings (SSSR count). The first-order valence-corrected chi connectivity index (χ1v) is 5.76. The molecule has 2 aliphatic rings. The molecule has 2 heterocycles. The molecule has 6 heteroatoms. The highest BCUT2D eigenvalue weighted by molar-refractivity contribution is 6.04. The number of furan rings is 1. The van der Waals surface area contributed by atoms with Gasteiger partial charge in [0.1, 0.15) is 11.6 Å². The van der Waals surface area contributed by atoms with Crippen LogP contribution in [0.1, 0.15) is 16.1 Å². The Morgan fingerprint density at radius 2 is 2.15 bits per heavy atom. The lowest BCUT2D eigenvalue weighted by molar-refractivity contribution is 0.0702. The van der Waals surface area contributed by atoms with Gasteiger partial charge in [-0.1, -0.05) is 0 Å². The molecular weight excluding hydrogens is 260 g/mol. The number of amidine groups is 1. The monoisotopic (exact) mass is 270 g/mol. The van der Waals surface area contributed by atoms with E-state index in [4.69, 9.17) is 24.7 Å². The van der Waals surface area contributed by atoms with Crippen molar-refractivity contribution in [2.45, 2.75) is 0 Å². The standard InChI is InChI=1S/C14H10N2O4/c15-13(16)10-6-8-7-18-5-3-9(8)12(10)20-14(17)11-2-1-4-19-11/h1-7H,(H3,15,16). The number of nitrogens with one attached hydrogen (secondary N) is 1. The predicted octanol–water partition coefficient (Wildman–Crippen LogP) is 2.48. The second-order valence-electron chi connectivity index (χ2n) is 4.09. The molecule has 1 aliphatic carbocycles. The van der Waals surface area contributed by atoms with E-state index in [-0.39, 0.29) is 17.3 Å². The third-order valence-corrected chi connectivity index (χ3v) is 2.82. The smallest absolute Gasteiger partial charge is 0.379 e. The number of fused-ring (bicyclic) bond motifs is 1. The summed E-state index contributed by atoms with van der Waals surface area (Å²) in [6.45, 7) is 0. The Hall–Kier alpha value is -3.02. The number of esters is 1. The van der Waals surface area contributed by atoms with Crippen LogP contribution in [0.2, 0.25) is 0 Å². The van der Waals surface area contributed by atoms with Gasteiger partial charge in [-0.3, -0.25) is 5.41 Å². The van der Waals surface area contributed by atoms with E-state index in [9.17, 15) is 4.79 Å². The summed E-state index contributed by atoms with van der Waals surface area (Å²) < 4.78 is 15.3. The molecule has 0 aromatic carbocycles. The van der Waals surface area contributed by atoms with E-state index in [1.807, 2.05) is 0 Å². The van der Waals surface area contributed by atoms with Gasteiger partial charge in [0.25, 0.3) is 0 Å². The maximum absolute atomic E-state index is 11.9. The molecule has 0 fully saturated rings. The Bertz CT molecular complexity index is 743. The fourth-order valence-corrected chi connectivity index (χ4v) is 1.91. The van der Waals surface area contributed by atoms with Gasteiger partial charge in [0.15, 0.2) is 0 Å². The summed E-state index contributed by atoms with van der Waals surface area (Å²) in [6.07, 6.45) is 4.33. The average molecular weight is 270 g/mol. The molecule has 6 nitrogen and oxygen atoms in total. The minimum Gasteiger partial charge on any atom is -0.472 e. The fourth-order valence-electron chi connectivity index (χ4n) is 1.91. The molecule has 3 N–H and O–H groups in total. The van der Waals surface area contributed by atoms with E-state index in [2.05, 4.69) is 0 Å². The van der Waals surface area contributed by atoms with E-state index in [1.165, 1.54) is 24.9 Å². The van der Waals surface area contributed by atoms with Crippen LogP contribution in [-0.2, 0) is 0 Å². The number of carbonyl (C=O) groups excluding carboxylic acids is 1. The summed E-state index contributed by atoms with van der Waals surface area (Å²) in [7, 11) is 0. The van der Waals surface area contributed by atoms with Gasteiger partial charge in [-0.2, -0.15) is 0 Å². The van der Waals surface area contributed by atoms with Gasteiger partial charge >= 0.3 is 5.97 Å². The highest BCUT2D eigenvalue weighted by atomic mass is 16.5. The van der Waals surface area contributed by atoms with Crippen LogP contribution in [-0.4, -0.2) is 11.8 Å². The fraction of sp³-hybridized carbons (Fsp3) is 0. The second-order valence-corrected chi connectivity index (χ2v) is 4.09. The van der Waals surface area contributed by atoms with Crippen LogP contribution in [0.25, 0.3) is 11.1 Å². The first-order chi connectivity index (χ1) is 9.66. The molecule has 1 aromatic rings. The van der Waals surface area contributed by atoms with Crippen LogP contribution in [0.5, 0.6) is 5.75 Å². The molecule has 0 bridgehead atoms. The molecule has 20 heavy (non-hydrogen) atoms. The van der Waals surface area contributed by atoms with Gasteiger partial charge in [0, 0.05) is 11.1 Å². The maximum Gasteiger partial charge on any atom is 0.379 e. The zero-order chi connectivity index (χ0) is 14.1. The average Bonchev–Trinajstić information content (AvgIpc) is 3.06. The Morgan fingerprint density at radius 1 is 1.30 bits per heavy atom. The molecule has 0 amide bonds. The zero-order valence-corrected chi connectivity index (χ0v) is 10.3. The lowest BCUT2D eigenvalue weighted by Gasteiger charge is -2.06.